The van der Waals surface area contributed by atoms with Gasteiger partial charge in [0.1, 0.15) is 18.0 Å². The van der Waals surface area contributed by atoms with E-state index >= 15 is 0 Å². The van der Waals surface area contributed by atoms with Gasteiger partial charge in [-0.1, -0.05) is 32.9 Å². The number of hydrogen-bond acceptors (Lipinski definition) is 7. The van der Waals surface area contributed by atoms with Crippen LogP contribution in [0, 0.1) is 12.8 Å². The van der Waals surface area contributed by atoms with Crippen molar-refractivity contribution in [2.24, 2.45) is 5.92 Å². The second-order valence-electron chi connectivity index (χ2n) is 7.79. The van der Waals surface area contributed by atoms with Gasteiger partial charge in [0.2, 0.25) is 0 Å². The second-order valence-corrected chi connectivity index (χ2v) is 7.79. The molecule has 1 saturated heterocycles. The maximum Gasteiger partial charge on any atom is 0.377 e. The summed E-state index contributed by atoms with van der Waals surface area (Å²) in [6.07, 6.45) is -5.91. The van der Waals surface area contributed by atoms with Gasteiger partial charge in [-0.05, 0) is 30.0 Å². The molecule has 5 N–H and O–H groups in total. The third-order valence-electron chi connectivity index (χ3n) is 5.33. The molecule has 0 spiro atoms. The fourth-order valence-corrected chi connectivity index (χ4v) is 3.27. The third kappa shape index (κ3) is 4.47. The number of hydrogen-bond donors (Lipinski definition) is 5. The van der Waals surface area contributed by atoms with Gasteiger partial charge in [-0.15, -0.1) is 0 Å². The topological polar surface area (TPSA) is 137 Å². The summed E-state index contributed by atoms with van der Waals surface area (Å²) in [5, 5.41) is 49.5. The Kier molecular flexibility index (Phi) is 7.06. The van der Waals surface area contributed by atoms with Gasteiger partial charge in [0.25, 0.3) is 0 Å². The highest BCUT2D eigenvalue weighted by atomic mass is 16.7. The molecule has 28 heavy (non-hydrogen) atoms. The van der Waals surface area contributed by atoms with Crippen LogP contribution in [0.25, 0.3) is 0 Å². The number of carboxylic acids is 1. The number of carbonyl (C=O) groups is 1. The summed E-state index contributed by atoms with van der Waals surface area (Å²) in [7, 11) is 0. The summed E-state index contributed by atoms with van der Waals surface area (Å²) in [5.74, 6) is -3.89. The van der Waals surface area contributed by atoms with Gasteiger partial charge >= 0.3 is 11.8 Å². The fourth-order valence-electron chi connectivity index (χ4n) is 3.27. The Morgan fingerprint density at radius 3 is 2.54 bits per heavy atom. The van der Waals surface area contributed by atoms with Gasteiger partial charge < -0.3 is 35.0 Å². The highest BCUT2D eigenvalue weighted by Crippen LogP contribution is 2.38. The van der Waals surface area contributed by atoms with E-state index < -0.39 is 48.7 Å². The first-order valence-electron chi connectivity index (χ1n) is 9.38. The van der Waals surface area contributed by atoms with Crippen LogP contribution in [-0.2, 0) is 9.53 Å². The molecule has 158 valence electrons. The van der Waals surface area contributed by atoms with Gasteiger partial charge in [0.15, 0.2) is 0 Å². The standard InChI is InChI=1S/C20H30O8/c1-10(2)13-6-5-11(3)16(7-13)27-20(19(25)26)8-14(22)12(4)18(28-20)17(24)15(23)9-21/h5-7,10,12,14-15,17-18,21-24H,8-9H2,1-4H3,(H,25,26). The predicted octanol–water partition coefficient (Wildman–Crippen LogP) is 0.778. The number of carboxylic acid groups (broad SMARTS) is 1. The number of benzene rings is 1. The Bertz CT molecular complexity index is 691. The molecule has 0 aromatic heterocycles. The lowest BCUT2D eigenvalue weighted by Crippen LogP contribution is -2.62. The molecule has 0 saturated carbocycles. The summed E-state index contributed by atoms with van der Waals surface area (Å²) in [6.45, 7) is 6.58. The Hall–Kier alpha value is -1.71. The lowest BCUT2D eigenvalue weighted by Gasteiger charge is -2.45. The summed E-state index contributed by atoms with van der Waals surface area (Å²) >= 11 is 0. The summed E-state index contributed by atoms with van der Waals surface area (Å²) in [4.78, 5) is 12.1. The lowest BCUT2D eigenvalue weighted by molar-refractivity contribution is -0.292. The van der Waals surface area contributed by atoms with E-state index in [0.717, 1.165) is 5.56 Å². The number of aliphatic hydroxyl groups excluding tert-OH is 4. The first kappa shape index (κ1) is 22.6. The molecule has 6 unspecified atom stereocenters. The Labute approximate surface area is 164 Å². The quantitative estimate of drug-likeness (QED) is 0.454. The number of rotatable bonds is 7. The van der Waals surface area contributed by atoms with Crippen LogP contribution >= 0.6 is 0 Å². The minimum atomic E-state index is -2.24. The van der Waals surface area contributed by atoms with E-state index in [2.05, 4.69) is 0 Å². The maximum absolute atomic E-state index is 12.1. The highest BCUT2D eigenvalue weighted by Gasteiger charge is 2.55. The van der Waals surface area contributed by atoms with Gasteiger partial charge in [0, 0.05) is 5.92 Å². The first-order chi connectivity index (χ1) is 13.0. The van der Waals surface area contributed by atoms with Gasteiger partial charge in [-0.2, -0.15) is 0 Å². The number of aliphatic carboxylic acids is 1. The zero-order valence-electron chi connectivity index (χ0n) is 16.6. The average Bonchev–Trinajstić information content (AvgIpc) is 2.64. The van der Waals surface area contributed by atoms with Crippen molar-refractivity contribution in [2.45, 2.75) is 70.2 Å². The average molecular weight is 398 g/mol. The fraction of sp³-hybridized carbons (Fsp3) is 0.650. The van der Waals surface area contributed by atoms with Gasteiger partial charge in [-0.3, -0.25) is 0 Å². The van der Waals surface area contributed by atoms with Crippen LogP contribution in [0.3, 0.4) is 0 Å². The van der Waals surface area contributed by atoms with Crippen LogP contribution < -0.4 is 4.74 Å². The van der Waals surface area contributed by atoms with Gasteiger partial charge in [-0.25, -0.2) is 4.79 Å². The molecule has 1 fully saturated rings. The van der Waals surface area contributed by atoms with Crippen molar-refractivity contribution in [3.05, 3.63) is 29.3 Å². The van der Waals surface area contributed by atoms with Crippen molar-refractivity contribution >= 4 is 5.97 Å². The monoisotopic (exact) mass is 398 g/mol. The minimum Gasteiger partial charge on any atom is -0.476 e. The van der Waals surface area contributed by atoms with Crippen molar-refractivity contribution in [3.8, 4) is 5.75 Å². The molecule has 8 heteroatoms. The summed E-state index contributed by atoms with van der Waals surface area (Å²) < 4.78 is 11.5. The highest BCUT2D eigenvalue weighted by molar-refractivity contribution is 5.76. The molecule has 0 amide bonds. The smallest absolute Gasteiger partial charge is 0.377 e. The molecule has 1 aliphatic rings. The van der Waals surface area contributed by atoms with E-state index in [1.165, 1.54) is 0 Å². The van der Waals surface area contributed by atoms with E-state index in [0.29, 0.717) is 11.3 Å². The SMILES string of the molecule is Cc1ccc(C(C)C)cc1OC1(C(=O)O)CC(O)C(C)C(C(O)C(O)CO)O1. The molecular formula is C20H30O8. The predicted molar refractivity (Wildman–Crippen MR) is 100 cm³/mol. The van der Waals surface area contributed by atoms with Crippen molar-refractivity contribution in [1.82, 2.24) is 0 Å². The van der Waals surface area contributed by atoms with E-state index in [4.69, 9.17) is 14.6 Å². The molecule has 6 atom stereocenters. The minimum absolute atomic E-state index is 0.191. The molecule has 1 aromatic carbocycles. The molecular weight excluding hydrogens is 368 g/mol. The van der Waals surface area contributed by atoms with Crippen LogP contribution in [0.1, 0.15) is 44.2 Å². The maximum atomic E-state index is 12.1. The third-order valence-corrected chi connectivity index (χ3v) is 5.33. The van der Waals surface area contributed by atoms with Crippen LogP contribution in [0.15, 0.2) is 18.2 Å². The van der Waals surface area contributed by atoms with Gasteiger partial charge in [0.05, 0.1) is 25.2 Å². The largest absolute Gasteiger partial charge is 0.476 e. The van der Waals surface area contributed by atoms with Crippen LogP contribution in [0.2, 0.25) is 0 Å². The Balaban J connectivity index is 2.42. The number of aryl methyl sites for hydroxylation is 1. The van der Waals surface area contributed by atoms with Crippen molar-refractivity contribution in [2.75, 3.05) is 6.61 Å². The van der Waals surface area contributed by atoms with Crippen molar-refractivity contribution in [1.29, 1.82) is 0 Å². The van der Waals surface area contributed by atoms with Crippen LogP contribution in [0.5, 0.6) is 5.75 Å². The number of ether oxygens (including phenoxy) is 2. The first-order valence-corrected chi connectivity index (χ1v) is 9.38. The molecule has 8 nitrogen and oxygen atoms in total. The Morgan fingerprint density at radius 1 is 1.36 bits per heavy atom. The lowest BCUT2D eigenvalue weighted by atomic mass is 9.84. The van der Waals surface area contributed by atoms with Crippen LogP contribution in [-0.4, -0.2) is 68.3 Å². The zero-order valence-corrected chi connectivity index (χ0v) is 16.6. The van der Waals surface area contributed by atoms with E-state index in [-0.39, 0.29) is 12.3 Å². The van der Waals surface area contributed by atoms with E-state index in [9.17, 15) is 25.2 Å². The molecule has 0 radical (unpaired) electrons. The normalized spacial score (nSPS) is 30.1. The molecule has 0 aliphatic carbocycles. The van der Waals surface area contributed by atoms with Crippen LogP contribution in [0.4, 0.5) is 0 Å². The summed E-state index contributed by atoms with van der Waals surface area (Å²) in [5.41, 5.74) is 1.63. The van der Waals surface area contributed by atoms with E-state index in [1.807, 2.05) is 26.0 Å². The zero-order chi connectivity index (χ0) is 21.2. The molecule has 1 aliphatic heterocycles. The van der Waals surface area contributed by atoms with Crippen molar-refractivity contribution in [3.63, 3.8) is 0 Å². The van der Waals surface area contributed by atoms with E-state index in [1.54, 1.807) is 19.9 Å². The Morgan fingerprint density at radius 2 is 2.00 bits per heavy atom. The van der Waals surface area contributed by atoms with Crippen molar-refractivity contribution < 1.29 is 39.8 Å². The molecule has 0 bridgehead atoms. The molecule has 1 aromatic rings. The second kappa shape index (κ2) is 8.75. The number of aliphatic hydroxyl groups is 4. The molecule has 2 rings (SSSR count). The summed E-state index contributed by atoms with van der Waals surface area (Å²) in [6, 6.07) is 5.46. The molecule has 1 heterocycles.